The molecule has 0 spiro atoms. The third kappa shape index (κ3) is 2.41. The monoisotopic (exact) mass is 321 g/mol. The van der Waals surface area contributed by atoms with Gasteiger partial charge in [-0.2, -0.15) is 0 Å². The molecule has 1 fully saturated rings. The maximum Gasteiger partial charge on any atom is 0.325 e. The molecule has 0 aromatic carbocycles. The molecule has 1 unspecified atom stereocenters. The molecule has 0 bridgehead atoms. The van der Waals surface area contributed by atoms with Gasteiger partial charge in [0.25, 0.3) is 5.91 Å². The number of imide groups is 1. The summed E-state index contributed by atoms with van der Waals surface area (Å²) in [4.78, 5) is 30.7. The molecule has 1 aliphatic heterocycles. The lowest BCUT2D eigenvalue weighted by Crippen LogP contribution is -2.40. The number of urea groups is 1. The maximum atomic E-state index is 12.6. The van der Waals surface area contributed by atoms with E-state index in [-0.39, 0.29) is 12.5 Å². The maximum absolute atomic E-state index is 12.6. The number of nitrogens with zero attached hydrogens (tertiary/aromatic N) is 2. The lowest BCUT2D eigenvalue weighted by Gasteiger charge is -2.20. The highest BCUT2D eigenvalue weighted by atomic mass is 35.5. The van der Waals surface area contributed by atoms with Crippen LogP contribution in [0.25, 0.3) is 0 Å². The Bertz CT molecular complexity index is 687. The van der Waals surface area contributed by atoms with E-state index in [9.17, 15) is 9.59 Å². The van der Waals surface area contributed by atoms with Crippen molar-refractivity contribution in [2.75, 3.05) is 0 Å². The molecule has 7 heteroatoms. The van der Waals surface area contributed by atoms with Crippen molar-refractivity contribution in [3.05, 3.63) is 51.4 Å². The van der Waals surface area contributed by atoms with Crippen molar-refractivity contribution in [3.8, 4) is 0 Å². The summed E-state index contributed by atoms with van der Waals surface area (Å²) in [6.45, 7) is 1.90. The highest BCUT2D eigenvalue weighted by Crippen LogP contribution is 2.32. The SMILES string of the molecule is CC1(c2cccs2)NC(=O)N(Cc2ccc(Cl)nc2)C1=O. The highest BCUT2D eigenvalue weighted by Gasteiger charge is 2.49. The summed E-state index contributed by atoms with van der Waals surface area (Å²) in [5.41, 5.74) is -0.246. The van der Waals surface area contributed by atoms with Crippen molar-refractivity contribution < 1.29 is 9.59 Å². The molecule has 1 N–H and O–H groups in total. The Morgan fingerprint density at radius 2 is 2.19 bits per heavy atom. The first-order valence-corrected chi connectivity index (χ1v) is 7.55. The van der Waals surface area contributed by atoms with Crippen LogP contribution >= 0.6 is 22.9 Å². The number of amides is 3. The number of halogens is 1. The van der Waals surface area contributed by atoms with Gasteiger partial charge in [-0.1, -0.05) is 23.7 Å². The van der Waals surface area contributed by atoms with Gasteiger partial charge in [0.15, 0.2) is 5.54 Å². The van der Waals surface area contributed by atoms with Crippen LogP contribution in [0.5, 0.6) is 0 Å². The molecule has 1 atom stereocenters. The molecular formula is C14H12ClN3O2S. The normalized spacial score (nSPS) is 21.7. The molecule has 0 aliphatic carbocycles. The van der Waals surface area contributed by atoms with Crippen molar-refractivity contribution in [2.45, 2.75) is 19.0 Å². The minimum Gasteiger partial charge on any atom is -0.319 e. The number of pyridine rings is 1. The predicted octanol–water partition coefficient (Wildman–Crippen LogP) is 2.76. The van der Waals surface area contributed by atoms with E-state index in [4.69, 9.17) is 11.6 Å². The van der Waals surface area contributed by atoms with E-state index in [0.29, 0.717) is 5.15 Å². The zero-order valence-corrected chi connectivity index (χ0v) is 12.7. The van der Waals surface area contributed by atoms with Crippen LogP contribution in [0.2, 0.25) is 5.15 Å². The molecule has 0 saturated carbocycles. The number of nitrogens with one attached hydrogen (secondary N) is 1. The van der Waals surface area contributed by atoms with E-state index in [1.165, 1.54) is 16.2 Å². The van der Waals surface area contributed by atoms with Gasteiger partial charge in [0.05, 0.1) is 6.54 Å². The smallest absolute Gasteiger partial charge is 0.319 e. The second-order valence-corrected chi connectivity index (χ2v) is 6.25. The highest BCUT2D eigenvalue weighted by molar-refractivity contribution is 7.10. The minimum atomic E-state index is -0.995. The molecule has 3 heterocycles. The van der Waals surface area contributed by atoms with Crippen LogP contribution in [-0.2, 0) is 16.9 Å². The van der Waals surface area contributed by atoms with Crippen LogP contribution in [0.3, 0.4) is 0 Å². The number of aromatic nitrogens is 1. The van der Waals surface area contributed by atoms with Gasteiger partial charge in [-0.15, -0.1) is 11.3 Å². The summed E-state index contributed by atoms with van der Waals surface area (Å²) in [5, 5.41) is 5.02. The fourth-order valence-electron chi connectivity index (χ4n) is 2.25. The Labute approximate surface area is 130 Å². The van der Waals surface area contributed by atoms with Crippen LogP contribution in [0.4, 0.5) is 4.79 Å². The van der Waals surface area contributed by atoms with Gasteiger partial charge < -0.3 is 5.32 Å². The quantitative estimate of drug-likeness (QED) is 0.698. The van der Waals surface area contributed by atoms with E-state index < -0.39 is 11.6 Å². The molecule has 3 amide bonds. The third-order valence-corrected chi connectivity index (χ3v) is 4.73. The predicted molar refractivity (Wildman–Crippen MR) is 80.0 cm³/mol. The third-order valence-electron chi connectivity index (χ3n) is 3.42. The molecule has 0 radical (unpaired) electrons. The molecule has 2 aromatic heterocycles. The summed E-state index contributed by atoms with van der Waals surface area (Å²) in [7, 11) is 0. The first kappa shape index (κ1) is 14.0. The Morgan fingerprint density at radius 3 is 2.81 bits per heavy atom. The molecule has 3 rings (SSSR count). The summed E-state index contributed by atoms with van der Waals surface area (Å²) in [6, 6.07) is 6.68. The van der Waals surface area contributed by atoms with Gasteiger partial charge in [-0.3, -0.25) is 9.69 Å². The van der Waals surface area contributed by atoms with Crippen molar-refractivity contribution in [1.29, 1.82) is 0 Å². The molecule has 2 aromatic rings. The molecule has 21 heavy (non-hydrogen) atoms. The second-order valence-electron chi connectivity index (χ2n) is 4.91. The lowest BCUT2D eigenvalue weighted by atomic mass is 10.0. The minimum absolute atomic E-state index is 0.176. The Balaban J connectivity index is 1.86. The van der Waals surface area contributed by atoms with Crippen molar-refractivity contribution in [3.63, 3.8) is 0 Å². The standard InChI is InChI=1S/C14H12ClN3O2S/c1-14(10-3-2-6-21-10)12(19)18(13(20)17-14)8-9-4-5-11(15)16-7-9/h2-7H,8H2,1H3,(H,17,20). The number of hydrogen-bond acceptors (Lipinski definition) is 4. The number of carbonyl (C=O) groups is 2. The fraction of sp³-hybridized carbons (Fsp3) is 0.214. The first-order valence-electron chi connectivity index (χ1n) is 6.29. The molecule has 108 valence electrons. The zero-order valence-electron chi connectivity index (χ0n) is 11.2. The van der Waals surface area contributed by atoms with E-state index in [1.54, 1.807) is 25.3 Å². The Morgan fingerprint density at radius 1 is 1.38 bits per heavy atom. The summed E-state index contributed by atoms with van der Waals surface area (Å²) >= 11 is 7.17. The van der Waals surface area contributed by atoms with Crippen molar-refractivity contribution >= 4 is 34.9 Å². The van der Waals surface area contributed by atoms with Crippen LogP contribution in [-0.4, -0.2) is 21.8 Å². The van der Waals surface area contributed by atoms with Crippen molar-refractivity contribution in [1.82, 2.24) is 15.2 Å². The summed E-state index contributed by atoms with van der Waals surface area (Å²) in [5.74, 6) is -0.259. The summed E-state index contributed by atoms with van der Waals surface area (Å²) in [6.07, 6.45) is 1.56. The van der Waals surface area contributed by atoms with Crippen LogP contribution in [0, 0.1) is 0 Å². The van der Waals surface area contributed by atoms with Gasteiger partial charge in [0.2, 0.25) is 0 Å². The van der Waals surface area contributed by atoms with Gasteiger partial charge in [0, 0.05) is 11.1 Å². The topological polar surface area (TPSA) is 62.3 Å². The largest absolute Gasteiger partial charge is 0.325 e. The fourth-order valence-corrected chi connectivity index (χ4v) is 3.20. The van der Waals surface area contributed by atoms with E-state index in [0.717, 1.165) is 10.4 Å². The number of hydrogen-bond donors (Lipinski definition) is 1. The molecule has 1 aliphatic rings. The first-order chi connectivity index (χ1) is 10.0. The van der Waals surface area contributed by atoms with Gasteiger partial charge in [0.1, 0.15) is 5.15 Å². The van der Waals surface area contributed by atoms with Crippen molar-refractivity contribution in [2.24, 2.45) is 0 Å². The van der Waals surface area contributed by atoms with Crippen LogP contribution < -0.4 is 5.32 Å². The zero-order chi connectivity index (χ0) is 15.0. The van der Waals surface area contributed by atoms with E-state index in [1.807, 2.05) is 17.5 Å². The number of rotatable bonds is 3. The summed E-state index contributed by atoms with van der Waals surface area (Å²) < 4.78 is 0. The average molecular weight is 322 g/mol. The average Bonchev–Trinajstić information content (AvgIpc) is 3.06. The molecule has 5 nitrogen and oxygen atoms in total. The Kier molecular flexibility index (Phi) is 3.43. The van der Waals surface area contributed by atoms with Crippen LogP contribution in [0.15, 0.2) is 35.8 Å². The van der Waals surface area contributed by atoms with Gasteiger partial charge >= 0.3 is 6.03 Å². The lowest BCUT2D eigenvalue weighted by molar-refractivity contribution is -0.131. The van der Waals surface area contributed by atoms with Crippen LogP contribution in [0.1, 0.15) is 17.4 Å². The Hall–Kier alpha value is -1.92. The van der Waals surface area contributed by atoms with E-state index >= 15 is 0 Å². The molecular weight excluding hydrogens is 310 g/mol. The number of carbonyl (C=O) groups excluding carboxylic acids is 2. The molecule has 1 saturated heterocycles. The van der Waals surface area contributed by atoms with Gasteiger partial charge in [-0.05, 0) is 30.0 Å². The second kappa shape index (κ2) is 5.13. The number of thiophene rings is 1. The van der Waals surface area contributed by atoms with E-state index in [2.05, 4.69) is 10.3 Å². The van der Waals surface area contributed by atoms with Gasteiger partial charge in [-0.25, -0.2) is 9.78 Å².